The molecule has 102 valence electrons. The van der Waals surface area contributed by atoms with Gasteiger partial charge in [0.15, 0.2) is 5.75 Å². The summed E-state index contributed by atoms with van der Waals surface area (Å²) in [5, 5.41) is 7.02. The molecule has 0 bridgehead atoms. The van der Waals surface area contributed by atoms with E-state index in [9.17, 15) is 4.39 Å². The number of aromatic nitrogens is 4. The topological polar surface area (TPSA) is 64.9 Å². The van der Waals surface area contributed by atoms with E-state index >= 15 is 0 Å². The molecule has 6 nitrogen and oxygen atoms in total. The Balaban J connectivity index is 2.13. The van der Waals surface area contributed by atoms with E-state index in [4.69, 9.17) is 4.74 Å². The molecule has 0 aliphatic rings. The molecular weight excluding hydrogens is 249 g/mol. The summed E-state index contributed by atoms with van der Waals surface area (Å²) in [5.41, 5.74) is 0. The molecule has 0 unspecified atom stereocenters. The van der Waals surface area contributed by atoms with Gasteiger partial charge in [0, 0.05) is 13.1 Å². The summed E-state index contributed by atoms with van der Waals surface area (Å²) >= 11 is 0. The molecular formula is C12H16FN5O. The maximum atomic E-state index is 13.6. The highest BCUT2D eigenvalue weighted by Crippen LogP contribution is 2.22. The van der Waals surface area contributed by atoms with Crippen LogP contribution in [0.2, 0.25) is 0 Å². The Morgan fingerprint density at radius 1 is 1.37 bits per heavy atom. The third-order valence-electron chi connectivity index (χ3n) is 2.39. The van der Waals surface area contributed by atoms with Gasteiger partial charge >= 0.3 is 0 Å². The molecule has 0 aliphatic carbocycles. The van der Waals surface area contributed by atoms with E-state index < -0.39 is 5.82 Å². The summed E-state index contributed by atoms with van der Waals surface area (Å²) in [6, 6.07) is 0. The van der Waals surface area contributed by atoms with Crippen LogP contribution in [0, 0.1) is 5.82 Å². The first kappa shape index (κ1) is 13.3. The first-order chi connectivity index (χ1) is 9.22. The smallest absolute Gasteiger partial charge is 0.260 e. The lowest BCUT2D eigenvalue weighted by atomic mass is 10.5. The summed E-state index contributed by atoms with van der Waals surface area (Å²) < 4.78 is 20.6. The second-order valence-electron chi connectivity index (χ2n) is 3.91. The van der Waals surface area contributed by atoms with E-state index in [0.717, 1.165) is 25.7 Å². The quantitative estimate of drug-likeness (QED) is 0.869. The van der Waals surface area contributed by atoms with Crippen LogP contribution in [0.15, 0.2) is 18.6 Å². The van der Waals surface area contributed by atoms with Gasteiger partial charge in [-0.2, -0.15) is 14.5 Å². The van der Waals surface area contributed by atoms with Gasteiger partial charge in [0.05, 0.1) is 18.6 Å². The molecule has 0 atom stereocenters. The van der Waals surface area contributed by atoms with E-state index in [-0.39, 0.29) is 5.88 Å². The molecule has 0 aromatic carbocycles. The number of hydrogen-bond acceptors (Lipinski definition) is 5. The number of aryl methyl sites for hydroxylation is 1. The van der Waals surface area contributed by atoms with Crippen molar-refractivity contribution in [2.45, 2.75) is 26.8 Å². The SMILES string of the molecule is CCCNc1ncc(F)c(Oc2cnn(CC)c2)n1. The fraction of sp³-hybridized carbons (Fsp3) is 0.417. The summed E-state index contributed by atoms with van der Waals surface area (Å²) in [4.78, 5) is 7.83. The second-order valence-corrected chi connectivity index (χ2v) is 3.91. The van der Waals surface area contributed by atoms with Crippen LogP contribution >= 0.6 is 0 Å². The largest absolute Gasteiger partial charge is 0.433 e. The van der Waals surface area contributed by atoms with Gasteiger partial charge in [-0.15, -0.1) is 0 Å². The molecule has 2 rings (SSSR count). The molecule has 0 aliphatic heterocycles. The average molecular weight is 265 g/mol. The number of nitrogens with one attached hydrogen (secondary N) is 1. The van der Waals surface area contributed by atoms with Crippen LogP contribution in [-0.2, 0) is 6.54 Å². The van der Waals surface area contributed by atoms with E-state index in [1.165, 1.54) is 6.20 Å². The Labute approximate surface area is 110 Å². The maximum absolute atomic E-state index is 13.6. The molecule has 7 heteroatoms. The van der Waals surface area contributed by atoms with Crippen molar-refractivity contribution in [1.29, 1.82) is 0 Å². The zero-order chi connectivity index (χ0) is 13.7. The highest BCUT2D eigenvalue weighted by Gasteiger charge is 2.10. The molecule has 1 N–H and O–H groups in total. The van der Waals surface area contributed by atoms with Gasteiger partial charge in [0.2, 0.25) is 11.8 Å². The number of ether oxygens (including phenoxy) is 1. The highest BCUT2D eigenvalue weighted by atomic mass is 19.1. The van der Waals surface area contributed by atoms with Gasteiger partial charge in [0.25, 0.3) is 5.88 Å². The van der Waals surface area contributed by atoms with Crippen molar-refractivity contribution in [2.24, 2.45) is 0 Å². The molecule has 0 amide bonds. The molecule has 0 saturated carbocycles. The molecule has 2 aromatic rings. The lowest BCUT2D eigenvalue weighted by Crippen LogP contribution is -2.05. The molecule has 0 radical (unpaired) electrons. The molecule has 2 heterocycles. The minimum atomic E-state index is -0.605. The summed E-state index contributed by atoms with van der Waals surface area (Å²) in [7, 11) is 0. The molecule has 19 heavy (non-hydrogen) atoms. The Kier molecular flexibility index (Phi) is 4.27. The van der Waals surface area contributed by atoms with Crippen LogP contribution in [0.25, 0.3) is 0 Å². The molecule has 2 aromatic heterocycles. The van der Waals surface area contributed by atoms with Gasteiger partial charge in [0.1, 0.15) is 0 Å². The fourth-order valence-corrected chi connectivity index (χ4v) is 1.43. The van der Waals surface area contributed by atoms with Gasteiger partial charge in [-0.3, -0.25) is 4.68 Å². The average Bonchev–Trinajstić information content (AvgIpc) is 2.87. The van der Waals surface area contributed by atoms with E-state index in [2.05, 4.69) is 20.4 Å². The number of nitrogens with zero attached hydrogens (tertiary/aromatic N) is 4. The van der Waals surface area contributed by atoms with Crippen LogP contribution < -0.4 is 10.1 Å². The maximum Gasteiger partial charge on any atom is 0.260 e. The summed E-state index contributed by atoms with van der Waals surface area (Å²) in [5.74, 6) is 0.0811. The van der Waals surface area contributed by atoms with Crippen molar-refractivity contribution in [2.75, 3.05) is 11.9 Å². The van der Waals surface area contributed by atoms with Gasteiger partial charge < -0.3 is 10.1 Å². The normalized spacial score (nSPS) is 10.5. The van der Waals surface area contributed by atoms with E-state index in [1.54, 1.807) is 10.9 Å². The fourth-order valence-electron chi connectivity index (χ4n) is 1.43. The lowest BCUT2D eigenvalue weighted by Gasteiger charge is -2.06. The predicted octanol–water partition coefficient (Wildman–Crippen LogP) is 2.45. The Morgan fingerprint density at radius 3 is 2.89 bits per heavy atom. The predicted molar refractivity (Wildman–Crippen MR) is 68.7 cm³/mol. The van der Waals surface area contributed by atoms with Gasteiger partial charge in [-0.05, 0) is 13.3 Å². The minimum absolute atomic E-state index is 0.107. The Hall–Kier alpha value is -2.18. The lowest BCUT2D eigenvalue weighted by molar-refractivity contribution is 0.420. The van der Waals surface area contributed by atoms with Crippen molar-refractivity contribution in [3.63, 3.8) is 0 Å². The van der Waals surface area contributed by atoms with Crippen LogP contribution in [0.1, 0.15) is 20.3 Å². The number of anilines is 1. The number of rotatable bonds is 6. The van der Waals surface area contributed by atoms with Crippen molar-refractivity contribution in [3.05, 3.63) is 24.4 Å². The van der Waals surface area contributed by atoms with Crippen LogP contribution in [0.4, 0.5) is 10.3 Å². The van der Waals surface area contributed by atoms with Crippen LogP contribution in [0.3, 0.4) is 0 Å². The van der Waals surface area contributed by atoms with Gasteiger partial charge in [-0.25, -0.2) is 4.98 Å². The molecule has 0 fully saturated rings. The molecule has 0 spiro atoms. The minimum Gasteiger partial charge on any atom is -0.433 e. The van der Waals surface area contributed by atoms with E-state index in [0.29, 0.717) is 11.7 Å². The first-order valence-electron chi connectivity index (χ1n) is 6.19. The van der Waals surface area contributed by atoms with Crippen molar-refractivity contribution in [1.82, 2.24) is 19.7 Å². The zero-order valence-corrected chi connectivity index (χ0v) is 10.9. The number of hydrogen-bond donors (Lipinski definition) is 1. The van der Waals surface area contributed by atoms with Crippen LogP contribution in [-0.4, -0.2) is 26.3 Å². The van der Waals surface area contributed by atoms with Crippen molar-refractivity contribution in [3.8, 4) is 11.6 Å². The monoisotopic (exact) mass is 265 g/mol. The third-order valence-corrected chi connectivity index (χ3v) is 2.39. The summed E-state index contributed by atoms with van der Waals surface area (Å²) in [6.45, 7) is 5.42. The highest BCUT2D eigenvalue weighted by molar-refractivity contribution is 5.30. The Bertz CT molecular complexity index is 543. The first-order valence-corrected chi connectivity index (χ1v) is 6.19. The van der Waals surface area contributed by atoms with E-state index in [1.807, 2.05) is 13.8 Å². The van der Waals surface area contributed by atoms with Crippen molar-refractivity contribution >= 4 is 5.95 Å². The molecule has 0 saturated heterocycles. The van der Waals surface area contributed by atoms with Gasteiger partial charge in [-0.1, -0.05) is 6.92 Å². The number of halogens is 1. The second kappa shape index (κ2) is 6.12. The summed E-state index contributed by atoms with van der Waals surface area (Å²) in [6.07, 6.45) is 5.22. The van der Waals surface area contributed by atoms with Crippen molar-refractivity contribution < 1.29 is 9.13 Å². The third kappa shape index (κ3) is 3.40. The standard InChI is InChI=1S/C12H16FN5O/c1-3-5-14-12-15-7-10(13)11(17-12)19-9-6-16-18(4-2)8-9/h6-8H,3-5H2,1-2H3,(H,14,15,17). The van der Waals surface area contributed by atoms with Crippen LogP contribution in [0.5, 0.6) is 11.6 Å². The Morgan fingerprint density at radius 2 is 2.21 bits per heavy atom. The zero-order valence-electron chi connectivity index (χ0n) is 10.9.